The van der Waals surface area contributed by atoms with Gasteiger partial charge in [-0.15, -0.1) is 11.6 Å². The van der Waals surface area contributed by atoms with Crippen LogP contribution in [0.4, 0.5) is 0 Å². The molecule has 1 heterocycles. The Morgan fingerprint density at radius 2 is 2.25 bits per heavy atom. The summed E-state index contributed by atoms with van der Waals surface area (Å²) in [5.74, 6) is 2.04. The quantitative estimate of drug-likeness (QED) is 0.794. The lowest BCUT2D eigenvalue weighted by Gasteiger charge is -1.98. The molecule has 0 radical (unpaired) electrons. The van der Waals surface area contributed by atoms with Crippen LogP contribution < -0.4 is 0 Å². The van der Waals surface area contributed by atoms with Crippen LogP contribution in [0, 0.1) is 6.92 Å². The van der Waals surface area contributed by atoms with E-state index in [1.807, 2.05) is 31.2 Å². The Hall–Kier alpha value is -0.800. The predicted octanol–water partition coefficient (Wildman–Crippen LogP) is 4.19. The van der Waals surface area contributed by atoms with Gasteiger partial charge in [-0.3, -0.25) is 0 Å². The highest BCUT2D eigenvalue weighted by Gasteiger charge is 2.11. The minimum absolute atomic E-state index is 0.526. The summed E-state index contributed by atoms with van der Waals surface area (Å²) in [6, 6.07) is 7.97. The van der Waals surface area contributed by atoms with Crippen molar-refractivity contribution in [2.75, 3.05) is 5.88 Å². The minimum Gasteiger partial charge on any atom is -0.440 e. The third-order valence-corrected chi connectivity index (χ3v) is 2.92. The Morgan fingerprint density at radius 1 is 1.44 bits per heavy atom. The molecule has 16 heavy (non-hydrogen) atoms. The van der Waals surface area contributed by atoms with Gasteiger partial charge in [-0.25, -0.2) is 4.98 Å². The maximum absolute atomic E-state index is 5.68. The summed E-state index contributed by atoms with van der Waals surface area (Å²) in [5, 5.41) is 0. The van der Waals surface area contributed by atoms with Crippen molar-refractivity contribution in [3.8, 4) is 11.3 Å². The highest BCUT2D eigenvalue weighted by Crippen LogP contribution is 2.27. The van der Waals surface area contributed by atoms with Gasteiger partial charge in [0.25, 0.3) is 0 Å². The number of halogens is 2. The molecule has 0 N–H and O–H groups in total. The molecular formula is C12H11BrClNO. The second-order valence-corrected chi connectivity index (χ2v) is 4.77. The van der Waals surface area contributed by atoms with Crippen molar-refractivity contribution in [1.29, 1.82) is 0 Å². The molecule has 0 bridgehead atoms. The molecule has 0 amide bonds. The van der Waals surface area contributed by atoms with E-state index in [1.54, 1.807) is 0 Å². The zero-order valence-corrected chi connectivity index (χ0v) is 11.2. The first-order chi connectivity index (χ1) is 7.70. The molecular weight excluding hydrogens is 289 g/mol. The zero-order valence-electron chi connectivity index (χ0n) is 8.84. The smallest absolute Gasteiger partial charge is 0.196 e. The van der Waals surface area contributed by atoms with Crippen LogP contribution in [0.5, 0.6) is 0 Å². The van der Waals surface area contributed by atoms with E-state index < -0.39 is 0 Å². The molecule has 0 saturated heterocycles. The summed E-state index contributed by atoms with van der Waals surface area (Å²) in [6.45, 7) is 1.94. The van der Waals surface area contributed by atoms with Crippen molar-refractivity contribution in [3.05, 3.63) is 40.3 Å². The van der Waals surface area contributed by atoms with E-state index >= 15 is 0 Å². The molecule has 1 aromatic heterocycles. The first-order valence-corrected chi connectivity index (χ1v) is 6.31. The Morgan fingerprint density at radius 3 is 2.94 bits per heavy atom. The van der Waals surface area contributed by atoms with Crippen LogP contribution in [0.15, 0.2) is 33.2 Å². The lowest BCUT2D eigenvalue weighted by Crippen LogP contribution is -1.84. The van der Waals surface area contributed by atoms with E-state index in [2.05, 4.69) is 20.9 Å². The van der Waals surface area contributed by atoms with Gasteiger partial charge in [-0.05, 0) is 19.1 Å². The van der Waals surface area contributed by atoms with Crippen molar-refractivity contribution >= 4 is 27.5 Å². The van der Waals surface area contributed by atoms with Crippen LogP contribution >= 0.6 is 27.5 Å². The number of alkyl halides is 1. The van der Waals surface area contributed by atoms with E-state index in [0.717, 1.165) is 21.5 Å². The molecule has 0 fully saturated rings. The number of aryl methyl sites for hydroxylation is 2. The molecule has 84 valence electrons. The van der Waals surface area contributed by atoms with Crippen LogP contribution in [0.3, 0.4) is 0 Å². The average molecular weight is 301 g/mol. The fourth-order valence-electron chi connectivity index (χ4n) is 1.54. The highest BCUT2D eigenvalue weighted by atomic mass is 79.9. The molecule has 0 saturated carbocycles. The number of oxazole rings is 1. The Balaban J connectivity index is 2.40. The van der Waals surface area contributed by atoms with Gasteiger partial charge in [-0.2, -0.15) is 0 Å². The van der Waals surface area contributed by atoms with Crippen molar-refractivity contribution in [3.63, 3.8) is 0 Å². The van der Waals surface area contributed by atoms with Gasteiger partial charge in [0.1, 0.15) is 0 Å². The van der Waals surface area contributed by atoms with Gasteiger partial charge in [0, 0.05) is 22.3 Å². The first-order valence-electron chi connectivity index (χ1n) is 4.99. The molecule has 0 unspecified atom stereocenters. The summed E-state index contributed by atoms with van der Waals surface area (Å²) in [4.78, 5) is 4.34. The van der Waals surface area contributed by atoms with Gasteiger partial charge in [0.15, 0.2) is 11.7 Å². The van der Waals surface area contributed by atoms with E-state index in [-0.39, 0.29) is 0 Å². The van der Waals surface area contributed by atoms with Crippen molar-refractivity contribution in [1.82, 2.24) is 4.98 Å². The summed E-state index contributed by atoms with van der Waals surface area (Å²) >= 11 is 9.10. The summed E-state index contributed by atoms with van der Waals surface area (Å²) in [6.07, 6.45) is 0.663. The standard InChI is InChI=1S/C12H11BrClNO/c1-8-12(16-11(15-8)5-6-14)9-3-2-4-10(13)7-9/h2-4,7H,5-6H2,1H3. The molecule has 0 aliphatic rings. The first kappa shape index (κ1) is 11.7. The summed E-state index contributed by atoms with van der Waals surface area (Å²) < 4.78 is 6.71. The molecule has 0 aliphatic heterocycles. The van der Waals surface area contributed by atoms with Gasteiger partial charge < -0.3 is 4.42 Å². The highest BCUT2D eigenvalue weighted by molar-refractivity contribution is 9.10. The number of rotatable bonds is 3. The third kappa shape index (κ3) is 2.47. The Kier molecular flexibility index (Phi) is 3.66. The average Bonchev–Trinajstić information content (AvgIpc) is 2.60. The third-order valence-electron chi connectivity index (χ3n) is 2.24. The topological polar surface area (TPSA) is 26.0 Å². The van der Waals surface area contributed by atoms with Gasteiger partial charge in [0.2, 0.25) is 0 Å². The van der Waals surface area contributed by atoms with Gasteiger partial charge in [0.05, 0.1) is 5.69 Å². The minimum atomic E-state index is 0.526. The normalized spacial score (nSPS) is 10.7. The van der Waals surface area contributed by atoms with Crippen molar-refractivity contribution < 1.29 is 4.42 Å². The van der Waals surface area contributed by atoms with Gasteiger partial charge >= 0.3 is 0 Å². The second-order valence-electron chi connectivity index (χ2n) is 3.47. The lowest BCUT2D eigenvalue weighted by atomic mass is 10.1. The molecule has 2 aromatic rings. The monoisotopic (exact) mass is 299 g/mol. The van der Waals surface area contributed by atoms with E-state index in [9.17, 15) is 0 Å². The van der Waals surface area contributed by atoms with E-state index in [0.29, 0.717) is 18.2 Å². The fourth-order valence-corrected chi connectivity index (χ4v) is 2.10. The SMILES string of the molecule is Cc1nc(CCCl)oc1-c1cccc(Br)c1. The molecule has 0 aliphatic carbocycles. The summed E-state index contributed by atoms with van der Waals surface area (Å²) in [7, 11) is 0. The molecule has 4 heteroatoms. The largest absolute Gasteiger partial charge is 0.440 e. The number of benzene rings is 1. The fraction of sp³-hybridized carbons (Fsp3) is 0.250. The predicted molar refractivity (Wildman–Crippen MR) is 68.8 cm³/mol. The van der Waals surface area contributed by atoms with Gasteiger partial charge in [-0.1, -0.05) is 28.1 Å². The zero-order chi connectivity index (χ0) is 11.5. The van der Waals surface area contributed by atoms with Crippen molar-refractivity contribution in [2.45, 2.75) is 13.3 Å². The number of hydrogen-bond donors (Lipinski definition) is 0. The molecule has 2 nitrogen and oxygen atoms in total. The number of nitrogens with zero attached hydrogens (tertiary/aromatic N) is 1. The van der Waals surface area contributed by atoms with Crippen molar-refractivity contribution in [2.24, 2.45) is 0 Å². The maximum Gasteiger partial charge on any atom is 0.196 e. The molecule has 0 spiro atoms. The van der Waals surface area contributed by atoms with Crippen LogP contribution in [0.2, 0.25) is 0 Å². The van der Waals surface area contributed by atoms with Crippen LogP contribution in [-0.2, 0) is 6.42 Å². The van der Waals surface area contributed by atoms with Crippen LogP contribution in [-0.4, -0.2) is 10.9 Å². The number of aromatic nitrogens is 1. The molecule has 0 atom stereocenters. The molecule has 2 rings (SSSR count). The molecule has 1 aromatic carbocycles. The van der Waals surface area contributed by atoms with Crippen LogP contribution in [0.25, 0.3) is 11.3 Å². The van der Waals surface area contributed by atoms with E-state index in [1.165, 1.54) is 0 Å². The Labute approximate surface area is 108 Å². The van der Waals surface area contributed by atoms with E-state index in [4.69, 9.17) is 16.0 Å². The Bertz CT molecular complexity index is 496. The summed E-state index contributed by atoms with van der Waals surface area (Å²) in [5.41, 5.74) is 1.93. The number of hydrogen-bond acceptors (Lipinski definition) is 2. The lowest BCUT2D eigenvalue weighted by molar-refractivity contribution is 0.514. The second kappa shape index (κ2) is 5.02. The van der Waals surface area contributed by atoms with Crippen LogP contribution in [0.1, 0.15) is 11.6 Å². The maximum atomic E-state index is 5.68.